The Kier molecular flexibility index (Phi) is 4.78. The molecular formula is C16H15F2N3OS. The van der Waals surface area contributed by atoms with Gasteiger partial charge in [-0.3, -0.25) is 0 Å². The van der Waals surface area contributed by atoms with Crippen LogP contribution in [0.25, 0.3) is 11.1 Å². The second-order valence-corrected chi connectivity index (χ2v) is 5.66. The van der Waals surface area contributed by atoms with Crippen molar-refractivity contribution in [3.05, 3.63) is 48.0 Å². The van der Waals surface area contributed by atoms with Crippen molar-refractivity contribution < 1.29 is 13.5 Å². The first-order chi connectivity index (χ1) is 11.2. The molecule has 0 spiro atoms. The number of fused-ring (bicyclic) bond motifs is 1. The minimum absolute atomic E-state index is 0.216. The predicted molar refractivity (Wildman–Crippen MR) is 88.6 cm³/mol. The zero-order valence-corrected chi connectivity index (χ0v) is 13.2. The Balaban J connectivity index is 1.93. The van der Waals surface area contributed by atoms with Gasteiger partial charge in [0.2, 0.25) is 5.96 Å². The van der Waals surface area contributed by atoms with Gasteiger partial charge in [0.05, 0.1) is 17.2 Å². The highest BCUT2D eigenvalue weighted by Crippen LogP contribution is 2.40. The molecule has 23 heavy (non-hydrogen) atoms. The highest BCUT2D eigenvalue weighted by atomic mass is 32.2. The summed E-state index contributed by atoms with van der Waals surface area (Å²) in [5.41, 5.74) is 1.51. The number of para-hydroxylation sites is 1. The van der Waals surface area contributed by atoms with Crippen molar-refractivity contribution in [1.82, 2.24) is 5.32 Å². The second kappa shape index (κ2) is 6.97. The fraction of sp³-hybridized carbons (Fsp3) is 0.188. The van der Waals surface area contributed by atoms with E-state index in [0.29, 0.717) is 30.4 Å². The lowest BCUT2D eigenvalue weighted by atomic mass is 10.0. The summed E-state index contributed by atoms with van der Waals surface area (Å²) in [7, 11) is 1.62. The summed E-state index contributed by atoms with van der Waals surface area (Å²) < 4.78 is 36.9. The van der Waals surface area contributed by atoms with Crippen LogP contribution in [0.5, 0.6) is 0 Å². The van der Waals surface area contributed by atoms with E-state index in [1.54, 1.807) is 25.3 Å². The van der Waals surface area contributed by atoms with Crippen LogP contribution in [0.4, 0.5) is 14.5 Å². The molecule has 1 aliphatic rings. The largest absolute Gasteiger partial charge is 0.383 e. The highest BCUT2D eigenvalue weighted by molar-refractivity contribution is 7.98. The van der Waals surface area contributed by atoms with Crippen molar-refractivity contribution in [3.8, 4) is 11.1 Å². The molecule has 1 heterocycles. The van der Waals surface area contributed by atoms with Gasteiger partial charge in [-0.25, -0.2) is 8.78 Å². The summed E-state index contributed by atoms with van der Waals surface area (Å²) in [5.74, 6) is -1.16. The van der Waals surface area contributed by atoms with Gasteiger partial charge >= 0.3 is 0 Å². The highest BCUT2D eigenvalue weighted by Gasteiger charge is 2.19. The molecule has 0 atom stereocenters. The van der Waals surface area contributed by atoms with E-state index in [1.165, 1.54) is 18.0 Å². The molecule has 0 fully saturated rings. The molecule has 120 valence electrons. The molecule has 0 bridgehead atoms. The van der Waals surface area contributed by atoms with Gasteiger partial charge in [0.25, 0.3) is 0 Å². The molecule has 7 heteroatoms. The van der Waals surface area contributed by atoms with Gasteiger partial charge in [0.1, 0.15) is 0 Å². The lowest BCUT2D eigenvalue weighted by Crippen LogP contribution is -2.34. The molecule has 0 aliphatic carbocycles. The van der Waals surface area contributed by atoms with Crippen molar-refractivity contribution in [2.45, 2.75) is 4.90 Å². The fourth-order valence-corrected chi connectivity index (χ4v) is 2.95. The Hall–Kier alpha value is -2.12. The lowest BCUT2D eigenvalue weighted by Gasteiger charge is -2.21. The average Bonchev–Trinajstić information content (AvgIpc) is 2.57. The number of benzene rings is 2. The van der Waals surface area contributed by atoms with E-state index in [2.05, 4.69) is 15.0 Å². The summed E-state index contributed by atoms with van der Waals surface area (Å²) in [5, 5.41) is 6.24. The van der Waals surface area contributed by atoms with E-state index in [1.807, 2.05) is 6.07 Å². The maximum absolute atomic E-state index is 14.1. The fourth-order valence-electron chi connectivity index (χ4n) is 2.26. The number of hydrogen-bond acceptors (Lipinski definition) is 5. The third-order valence-corrected chi connectivity index (χ3v) is 4.16. The van der Waals surface area contributed by atoms with Crippen LogP contribution in [0.3, 0.4) is 0 Å². The van der Waals surface area contributed by atoms with Gasteiger partial charge in [0, 0.05) is 36.7 Å². The topological polar surface area (TPSA) is 45.6 Å². The first-order valence-corrected chi connectivity index (χ1v) is 7.80. The number of nitrogens with one attached hydrogen (secondary N) is 2. The maximum Gasteiger partial charge on any atom is 0.208 e. The van der Waals surface area contributed by atoms with Crippen LogP contribution >= 0.6 is 11.9 Å². The molecule has 2 aromatic carbocycles. The van der Waals surface area contributed by atoms with E-state index in [4.69, 9.17) is 4.74 Å². The van der Waals surface area contributed by atoms with Crippen LogP contribution in [-0.4, -0.2) is 26.2 Å². The minimum Gasteiger partial charge on any atom is -0.383 e. The molecule has 2 N–H and O–H groups in total. The summed E-state index contributed by atoms with van der Waals surface area (Å²) in [4.78, 5) is 0.850. The van der Waals surface area contributed by atoms with E-state index in [9.17, 15) is 8.78 Å². The van der Waals surface area contributed by atoms with Crippen LogP contribution in [0.15, 0.2) is 45.7 Å². The smallest absolute Gasteiger partial charge is 0.208 e. The summed E-state index contributed by atoms with van der Waals surface area (Å²) in [6, 6.07) is 9.59. The van der Waals surface area contributed by atoms with Crippen LogP contribution in [0.2, 0.25) is 0 Å². The van der Waals surface area contributed by atoms with Crippen LogP contribution in [0, 0.1) is 11.6 Å². The van der Waals surface area contributed by atoms with Crippen LogP contribution in [0.1, 0.15) is 0 Å². The normalized spacial score (nSPS) is 13.1. The Labute approximate surface area is 137 Å². The molecular weight excluding hydrogens is 320 g/mol. The van der Waals surface area contributed by atoms with Crippen molar-refractivity contribution in [2.75, 3.05) is 25.6 Å². The van der Waals surface area contributed by atoms with Gasteiger partial charge in [-0.2, -0.15) is 4.40 Å². The van der Waals surface area contributed by atoms with Crippen LogP contribution < -0.4 is 10.6 Å². The number of nitrogens with zero attached hydrogens (tertiary/aromatic N) is 1. The molecule has 0 radical (unpaired) electrons. The van der Waals surface area contributed by atoms with E-state index < -0.39 is 11.6 Å². The molecule has 4 nitrogen and oxygen atoms in total. The van der Waals surface area contributed by atoms with E-state index in [-0.39, 0.29) is 5.56 Å². The Morgan fingerprint density at radius 2 is 1.96 bits per heavy atom. The van der Waals surface area contributed by atoms with Crippen molar-refractivity contribution in [1.29, 1.82) is 0 Å². The number of methoxy groups -OCH3 is 1. The molecule has 0 amide bonds. The number of hydrogen-bond donors (Lipinski definition) is 2. The van der Waals surface area contributed by atoms with E-state index in [0.717, 1.165) is 11.0 Å². The minimum atomic E-state index is -0.865. The summed E-state index contributed by atoms with van der Waals surface area (Å²) in [6.07, 6.45) is 0. The number of halogens is 2. The van der Waals surface area contributed by atoms with Gasteiger partial charge in [0.15, 0.2) is 11.6 Å². The Bertz CT molecular complexity index is 752. The van der Waals surface area contributed by atoms with Crippen molar-refractivity contribution >= 4 is 23.6 Å². The number of rotatable bonds is 4. The third kappa shape index (κ3) is 3.30. The maximum atomic E-state index is 14.1. The quantitative estimate of drug-likeness (QED) is 0.661. The molecule has 0 unspecified atom stereocenters. The molecule has 0 saturated carbocycles. The Morgan fingerprint density at radius 3 is 2.78 bits per heavy atom. The zero-order valence-electron chi connectivity index (χ0n) is 12.4. The standard InChI is InChI=1S/C16H15F2N3OS/c1-22-9-8-19-16-20-15-11(5-3-7-13(15)23-21-16)10-4-2-6-12(17)14(10)18/h2-7H,8-9H2,1H3,(H2,19,20,21). The summed E-state index contributed by atoms with van der Waals surface area (Å²) in [6.45, 7) is 1.13. The van der Waals surface area contributed by atoms with E-state index >= 15 is 0 Å². The number of ether oxygens (including phenoxy) is 1. The molecule has 2 aromatic rings. The van der Waals surface area contributed by atoms with Crippen molar-refractivity contribution in [2.24, 2.45) is 4.40 Å². The first kappa shape index (κ1) is 15.8. The van der Waals surface area contributed by atoms with Gasteiger partial charge < -0.3 is 15.4 Å². The first-order valence-electron chi connectivity index (χ1n) is 7.03. The molecule has 3 rings (SSSR count). The van der Waals surface area contributed by atoms with Gasteiger partial charge in [-0.1, -0.05) is 24.3 Å². The van der Waals surface area contributed by atoms with Crippen LogP contribution in [-0.2, 0) is 4.74 Å². The third-order valence-electron chi connectivity index (χ3n) is 3.35. The average molecular weight is 335 g/mol. The second-order valence-electron chi connectivity index (χ2n) is 4.86. The molecule has 0 aromatic heterocycles. The number of guanidine groups is 1. The number of anilines is 1. The predicted octanol–water partition coefficient (Wildman–Crippen LogP) is 3.66. The SMILES string of the molecule is COCCNC1=NSc2cccc(-c3cccc(F)c3F)c2N1. The monoisotopic (exact) mass is 335 g/mol. The van der Waals surface area contributed by atoms with Crippen molar-refractivity contribution in [3.63, 3.8) is 0 Å². The molecule has 1 aliphatic heterocycles. The zero-order chi connectivity index (χ0) is 16.2. The lowest BCUT2D eigenvalue weighted by molar-refractivity contribution is 0.204. The molecule has 0 saturated heterocycles. The van der Waals surface area contributed by atoms with Gasteiger partial charge in [-0.15, -0.1) is 0 Å². The summed E-state index contributed by atoms with van der Waals surface area (Å²) >= 11 is 1.28. The van der Waals surface area contributed by atoms with Gasteiger partial charge in [-0.05, 0) is 12.1 Å². The Morgan fingerprint density at radius 1 is 1.17 bits per heavy atom.